The van der Waals surface area contributed by atoms with Gasteiger partial charge < -0.3 is 25.3 Å². The molecule has 3 N–H and O–H groups in total. The van der Waals surface area contributed by atoms with E-state index in [1.54, 1.807) is 12.1 Å². The van der Waals surface area contributed by atoms with Crippen LogP contribution in [0, 0.1) is 0 Å². The smallest absolute Gasteiger partial charge is 0.417 e. The van der Waals surface area contributed by atoms with E-state index in [1.165, 1.54) is 95.2 Å². The Morgan fingerprint density at radius 2 is 1.02 bits per heavy atom. The summed E-state index contributed by atoms with van der Waals surface area (Å²) < 4.78 is 16.9. The zero-order chi connectivity index (χ0) is 43.6. The van der Waals surface area contributed by atoms with Crippen LogP contribution in [0.15, 0.2) is 91.0 Å². The molecule has 0 heterocycles. The van der Waals surface area contributed by atoms with Crippen LogP contribution in [0.5, 0.6) is 0 Å². The predicted molar refractivity (Wildman–Crippen MR) is 247 cm³/mol. The molecule has 61 heavy (non-hydrogen) atoms. The Morgan fingerprint density at radius 1 is 0.574 bits per heavy atom. The maximum Gasteiger partial charge on any atom is 0.417 e. The van der Waals surface area contributed by atoms with Crippen molar-refractivity contribution in [2.75, 3.05) is 18.1 Å². The monoisotopic (exact) mass is 860 g/mol. The van der Waals surface area contributed by atoms with Gasteiger partial charge in [-0.25, -0.2) is 19.3 Å². The van der Waals surface area contributed by atoms with Crippen LogP contribution in [0.1, 0.15) is 146 Å². The number of unbranched alkanes of at least 4 members (excludes halogenated alkanes) is 16. The highest BCUT2D eigenvalue weighted by atomic mass is 32.2. The lowest BCUT2D eigenvalue weighted by Gasteiger charge is -2.31. The van der Waals surface area contributed by atoms with Gasteiger partial charge in [0.15, 0.2) is 0 Å². The topological polar surface area (TPSA) is 137 Å². The molecule has 0 aromatic heterocycles. The number of nitrogens with zero attached hydrogens (tertiary/aromatic N) is 1. The van der Waals surface area contributed by atoms with Gasteiger partial charge in [0.25, 0.3) is 5.91 Å². The minimum absolute atomic E-state index is 0.00369. The number of hydrogen-bond acceptors (Lipinski definition) is 9. The van der Waals surface area contributed by atoms with Crippen molar-refractivity contribution in [2.45, 2.75) is 161 Å². The fourth-order valence-electron chi connectivity index (χ4n) is 7.02. The molecule has 11 heteroatoms. The Labute approximate surface area is 370 Å². The summed E-state index contributed by atoms with van der Waals surface area (Å²) in [4.78, 5) is 56.7. The molecule has 0 saturated carbocycles. The average molecular weight is 860 g/mol. The molecule has 3 aromatic rings. The molecule has 3 aromatic carbocycles. The van der Waals surface area contributed by atoms with Crippen LogP contribution in [0.25, 0.3) is 0 Å². The summed E-state index contributed by atoms with van der Waals surface area (Å²) in [6, 6.07) is 25.0. The molecule has 3 rings (SSSR count). The summed E-state index contributed by atoms with van der Waals surface area (Å²) in [6.45, 7) is 2.46. The van der Waals surface area contributed by atoms with E-state index in [4.69, 9.17) is 19.9 Å². The second-order valence-corrected chi connectivity index (χ2v) is 16.9. The number of ether oxygens (including phenoxy) is 3. The van der Waals surface area contributed by atoms with Crippen molar-refractivity contribution in [3.05, 3.63) is 108 Å². The number of carbonyl (C=O) groups excluding carboxylic acids is 4. The minimum Gasteiger partial charge on any atom is -0.459 e. The summed E-state index contributed by atoms with van der Waals surface area (Å²) in [7, 11) is 0. The second-order valence-electron chi connectivity index (χ2n) is 15.8. The first-order valence-corrected chi connectivity index (χ1v) is 24.1. The molecule has 10 nitrogen and oxygen atoms in total. The maximum absolute atomic E-state index is 14.7. The normalized spacial score (nSPS) is 12.0. The van der Waals surface area contributed by atoms with Crippen LogP contribution >= 0.6 is 11.8 Å². The first kappa shape index (κ1) is 51.0. The maximum atomic E-state index is 14.7. The molecule has 0 radical (unpaired) electrons. The van der Waals surface area contributed by atoms with Crippen LogP contribution in [0.3, 0.4) is 0 Å². The average Bonchev–Trinajstić information content (AvgIpc) is 3.29. The summed E-state index contributed by atoms with van der Waals surface area (Å²) >= 11 is 1.52. The molecule has 0 aliphatic carbocycles. The van der Waals surface area contributed by atoms with Gasteiger partial charge in [0.05, 0.1) is 0 Å². The number of carbonyl (C=O) groups is 4. The van der Waals surface area contributed by atoms with E-state index in [2.05, 4.69) is 12.2 Å². The molecule has 3 amide bonds. The van der Waals surface area contributed by atoms with Crippen molar-refractivity contribution in [1.29, 1.82) is 0 Å². The molecule has 0 fully saturated rings. The van der Waals surface area contributed by atoms with Gasteiger partial charge in [-0.2, -0.15) is 11.8 Å². The number of amides is 3. The third-order valence-electron chi connectivity index (χ3n) is 10.6. The lowest BCUT2D eigenvalue weighted by Crippen LogP contribution is -2.57. The molecule has 0 aliphatic heterocycles. The van der Waals surface area contributed by atoms with E-state index in [0.29, 0.717) is 24.9 Å². The zero-order valence-corrected chi connectivity index (χ0v) is 37.6. The van der Waals surface area contributed by atoms with Gasteiger partial charge >= 0.3 is 18.2 Å². The van der Waals surface area contributed by atoms with E-state index in [-0.39, 0.29) is 32.0 Å². The summed E-state index contributed by atoms with van der Waals surface area (Å²) in [6.07, 6.45) is 19.8. The predicted octanol–water partition coefficient (Wildman–Crippen LogP) is 11.7. The van der Waals surface area contributed by atoms with Crippen molar-refractivity contribution >= 4 is 35.8 Å². The van der Waals surface area contributed by atoms with Crippen molar-refractivity contribution in [2.24, 2.45) is 5.73 Å². The molecular formula is C50H73N3O7S. The lowest BCUT2D eigenvalue weighted by molar-refractivity contribution is -0.156. The first-order valence-electron chi connectivity index (χ1n) is 22.9. The van der Waals surface area contributed by atoms with Gasteiger partial charge in [0, 0.05) is 5.75 Å². The number of nitrogens with one attached hydrogen (secondary N) is 1. The Bertz CT molecular complexity index is 1600. The Hall–Kier alpha value is -4.35. The Kier molecular flexibility index (Phi) is 27.8. The van der Waals surface area contributed by atoms with E-state index in [0.717, 1.165) is 41.0 Å². The van der Waals surface area contributed by atoms with Gasteiger partial charge in [0.2, 0.25) is 0 Å². The van der Waals surface area contributed by atoms with Gasteiger partial charge in [0.1, 0.15) is 31.9 Å². The highest BCUT2D eigenvalue weighted by molar-refractivity contribution is 7.99. The Morgan fingerprint density at radius 3 is 1.49 bits per heavy atom. The van der Waals surface area contributed by atoms with Gasteiger partial charge in [-0.1, -0.05) is 194 Å². The molecule has 0 unspecified atom stereocenters. The highest BCUT2D eigenvalue weighted by Gasteiger charge is 2.40. The van der Waals surface area contributed by atoms with Crippen molar-refractivity contribution in [3.8, 4) is 0 Å². The molecule has 0 bridgehead atoms. The standard InChI is InChI=1S/C50H73N3O7S/c1-2-3-4-5-6-7-8-9-10-11-12-13-14-15-16-28-37-61-41-45(52-49(56)59-39-43-31-22-18-23-32-43)47(54)53(50(57)60-40-44-33-24-19-25-34-44)46(35-26-27-36-51)48(55)58-38-42-29-20-17-21-30-42/h17-25,29-34,45-46H,2-16,26-28,35-41,51H2,1H3,(H,52,56)/t45-,46-/m0/s1. The third kappa shape index (κ3) is 22.9. The molecule has 0 aliphatic rings. The van der Waals surface area contributed by atoms with Crippen molar-refractivity contribution in [1.82, 2.24) is 10.2 Å². The van der Waals surface area contributed by atoms with E-state index >= 15 is 0 Å². The van der Waals surface area contributed by atoms with Crippen LogP contribution in [-0.2, 0) is 43.6 Å². The molecule has 0 spiro atoms. The highest BCUT2D eigenvalue weighted by Crippen LogP contribution is 2.20. The lowest BCUT2D eigenvalue weighted by atomic mass is 10.0. The van der Waals surface area contributed by atoms with E-state index in [9.17, 15) is 19.2 Å². The summed E-state index contributed by atoms with van der Waals surface area (Å²) in [5.74, 6) is -0.601. The molecule has 0 saturated heterocycles. The van der Waals surface area contributed by atoms with Crippen molar-refractivity contribution < 1.29 is 33.4 Å². The second kappa shape index (κ2) is 33.3. The van der Waals surface area contributed by atoms with Gasteiger partial charge in [-0.3, -0.25) is 4.79 Å². The summed E-state index contributed by atoms with van der Waals surface area (Å²) in [5.41, 5.74) is 8.06. The largest absolute Gasteiger partial charge is 0.459 e. The van der Waals surface area contributed by atoms with E-state index in [1.807, 2.05) is 78.9 Å². The molecular weight excluding hydrogens is 787 g/mol. The van der Waals surface area contributed by atoms with Crippen molar-refractivity contribution in [3.63, 3.8) is 0 Å². The van der Waals surface area contributed by atoms with Gasteiger partial charge in [-0.05, 0) is 54.7 Å². The molecule has 2 atom stereocenters. The van der Waals surface area contributed by atoms with Crippen LogP contribution < -0.4 is 11.1 Å². The third-order valence-corrected chi connectivity index (χ3v) is 11.8. The number of alkyl carbamates (subject to hydrolysis) is 1. The number of thioether (sulfide) groups is 1. The molecule has 336 valence electrons. The Balaban J connectivity index is 1.64. The van der Waals surface area contributed by atoms with Crippen LogP contribution in [0.2, 0.25) is 0 Å². The number of benzene rings is 3. The quantitative estimate of drug-likeness (QED) is 0.0348. The zero-order valence-electron chi connectivity index (χ0n) is 36.8. The van der Waals surface area contributed by atoms with Gasteiger partial charge in [-0.15, -0.1) is 0 Å². The fraction of sp³-hybridized carbons (Fsp3) is 0.560. The number of rotatable bonds is 33. The minimum atomic E-state index is -1.32. The number of hydrogen-bond donors (Lipinski definition) is 2. The number of esters is 1. The van der Waals surface area contributed by atoms with Crippen LogP contribution in [0.4, 0.5) is 9.59 Å². The first-order chi connectivity index (χ1) is 29.9. The number of nitrogens with two attached hydrogens (primary N) is 1. The number of imide groups is 1. The SMILES string of the molecule is CCCCCCCCCCCCCCCCCCSC[C@H](NC(=O)OCc1ccccc1)C(=O)N(C(=O)OCc1ccccc1)[C@@H](CCCCN)C(=O)OCc1ccccc1. The van der Waals surface area contributed by atoms with E-state index < -0.39 is 36.1 Å². The van der Waals surface area contributed by atoms with Crippen LogP contribution in [-0.4, -0.2) is 59.1 Å². The fourth-order valence-corrected chi connectivity index (χ4v) is 8.06. The summed E-state index contributed by atoms with van der Waals surface area (Å²) in [5, 5.41) is 2.72.